The number of benzene rings is 2. The molecule has 2 aromatic carbocycles. The molecule has 1 atom stereocenters. The van der Waals surface area contributed by atoms with Crippen LogP contribution < -0.4 is 5.73 Å². The van der Waals surface area contributed by atoms with Gasteiger partial charge >= 0.3 is 124 Å². The van der Waals surface area contributed by atoms with Crippen molar-refractivity contribution in [1.82, 2.24) is 0 Å². The Labute approximate surface area is 124 Å². The van der Waals surface area contributed by atoms with Gasteiger partial charge in [0.25, 0.3) is 0 Å². The van der Waals surface area contributed by atoms with Crippen molar-refractivity contribution < 1.29 is 9.53 Å². The van der Waals surface area contributed by atoms with Crippen molar-refractivity contribution in [1.29, 1.82) is 0 Å². The van der Waals surface area contributed by atoms with Gasteiger partial charge in [-0.1, -0.05) is 0 Å². The zero-order valence-electron chi connectivity index (χ0n) is 11.1. The Hall–Kier alpha value is -1.77. The molecular weight excluding hydrogens is 317 g/mol. The summed E-state index contributed by atoms with van der Waals surface area (Å²) >= 11 is 0.117. The third-order valence-electron chi connectivity index (χ3n) is 3.53. The standard InChI is InChI=1S/C16H15NO2Se/c1-19-16(18)13-9-14(20-15(13)17)12-7-6-10-4-2-3-5-11(10)8-12/h2-8,14H,9,17H2,1H3. The molecule has 3 rings (SSSR count). The average Bonchev–Trinajstić information content (AvgIpc) is 2.88. The molecule has 1 aliphatic rings. The van der Waals surface area contributed by atoms with Crippen LogP contribution in [0.2, 0.25) is 0 Å². The molecule has 4 heteroatoms. The SMILES string of the molecule is COC(=O)C1=C(N)[Se]C(c2ccc3ccccc3c2)C1. The molecule has 0 aromatic heterocycles. The van der Waals surface area contributed by atoms with Crippen LogP contribution in [0, 0.1) is 0 Å². The minimum absolute atomic E-state index is 0.117. The van der Waals surface area contributed by atoms with Crippen LogP contribution in [-0.2, 0) is 9.53 Å². The van der Waals surface area contributed by atoms with Crippen molar-refractivity contribution in [2.45, 2.75) is 11.2 Å². The number of nitrogens with two attached hydrogens (primary N) is 1. The maximum absolute atomic E-state index is 11.7. The van der Waals surface area contributed by atoms with Crippen molar-refractivity contribution in [2.24, 2.45) is 5.73 Å². The molecule has 102 valence electrons. The summed E-state index contributed by atoms with van der Waals surface area (Å²) in [6.07, 6.45) is 0.691. The van der Waals surface area contributed by atoms with Gasteiger partial charge in [-0.2, -0.15) is 0 Å². The molecule has 0 spiro atoms. The van der Waals surface area contributed by atoms with Gasteiger partial charge in [0.2, 0.25) is 0 Å². The summed E-state index contributed by atoms with van der Waals surface area (Å²) in [6, 6.07) is 14.8. The molecule has 0 aliphatic carbocycles. The fourth-order valence-electron chi connectivity index (χ4n) is 2.45. The average molecular weight is 332 g/mol. The van der Waals surface area contributed by atoms with E-state index in [4.69, 9.17) is 10.5 Å². The minimum atomic E-state index is -0.285. The van der Waals surface area contributed by atoms with Crippen LogP contribution in [0.25, 0.3) is 10.8 Å². The molecule has 0 saturated heterocycles. The summed E-state index contributed by atoms with van der Waals surface area (Å²) < 4.78 is 5.52. The van der Waals surface area contributed by atoms with Crippen LogP contribution >= 0.6 is 0 Å². The Balaban J connectivity index is 1.89. The fourth-order valence-corrected chi connectivity index (χ4v) is 4.86. The Bertz CT molecular complexity index is 708. The van der Waals surface area contributed by atoms with Gasteiger partial charge in [-0.25, -0.2) is 0 Å². The van der Waals surface area contributed by atoms with E-state index in [1.54, 1.807) is 0 Å². The first-order valence-corrected chi connectivity index (χ1v) is 8.26. The topological polar surface area (TPSA) is 52.3 Å². The van der Waals surface area contributed by atoms with Crippen molar-refractivity contribution in [3.05, 3.63) is 58.2 Å². The van der Waals surface area contributed by atoms with E-state index in [0.717, 1.165) is 4.60 Å². The molecule has 0 amide bonds. The summed E-state index contributed by atoms with van der Waals surface area (Å²) in [7, 11) is 1.40. The summed E-state index contributed by atoms with van der Waals surface area (Å²) in [5, 5.41) is 2.46. The maximum atomic E-state index is 11.7. The predicted octanol–water partition coefficient (Wildman–Crippen LogP) is 2.33. The van der Waals surface area contributed by atoms with Crippen LogP contribution in [0.5, 0.6) is 0 Å². The zero-order valence-corrected chi connectivity index (χ0v) is 12.8. The quantitative estimate of drug-likeness (QED) is 0.678. The van der Waals surface area contributed by atoms with Gasteiger partial charge in [0, 0.05) is 0 Å². The second kappa shape index (κ2) is 5.31. The van der Waals surface area contributed by atoms with Gasteiger partial charge in [-0.3, -0.25) is 0 Å². The van der Waals surface area contributed by atoms with Gasteiger partial charge in [0.15, 0.2) is 0 Å². The number of rotatable bonds is 2. The number of carbonyl (C=O) groups excluding carboxylic acids is 1. The van der Waals surface area contributed by atoms with Gasteiger partial charge in [-0.05, 0) is 0 Å². The molecule has 0 radical (unpaired) electrons. The van der Waals surface area contributed by atoms with E-state index in [1.165, 1.54) is 23.4 Å². The van der Waals surface area contributed by atoms with Crippen molar-refractivity contribution in [3.8, 4) is 0 Å². The molecule has 0 saturated carbocycles. The zero-order chi connectivity index (χ0) is 14.1. The van der Waals surface area contributed by atoms with E-state index in [1.807, 2.05) is 12.1 Å². The molecule has 1 unspecified atom stereocenters. The molecule has 0 bridgehead atoms. The van der Waals surface area contributed by atoms with Crippen LogP contribution in [-0.4, -0.2) is 28.0 Å². The van der Waals surface area contributed by atoms with Crippen molar-refractivity contribution >= 4 is 31.7 Å². The summed E-state index contributed by atoms with van der Waals surface area (Å²) in [5.74, 6) is -0.285. The van der Waals surface area contributed by atoms with Crippen LogP contribution in [0.1, 0.15) is 16.8 Å². The summed E-state index contributed by atoms with van der Waals surface area (Å²) in [4.78, 5) is 12.0. The van der Waals surface area contributed by atoms with E-state index in [9.17, 15) is 4.79 Å². The Morgan fingerprint density at radius 1 is 1.25 bits per heavy atom. The molecule has 2 N–H and O–H groups in total. The van der Waals surface area contributed by atoms with Crippen molar-refractivity contribution in [3.63, 3.8) is 0 Å². The molecule has 20 heavy (non-hydrogen) atoms. The molecule has 1 aliphatic heterocycles. The predicted molar refractivity (Wildman–Crippen MR) is 80.3 cm³/mol. The molecule has 1 heterocycles. The van der Waals surface area contributed by atoms with Gasteiger partial charge in [0.1, 0.15) is 0 Å². The molecule has 0 fully saturated rings. The normalized spacial score (nSPS) is 18.6. The second-order valence-corrected chi connectivity index (χ2v) is 7.36. The number of hydrogen-bond donors (Lipinski definition) is 1. The van der Waals surface area contributed by atoms with E-state index in [0.29, 0.717) is 16.8 Å². The summed E-state index contributed by atoms with van der Waals surface area (Å²) in [6.45, 7) is 0. The van der Waals surface area contributed by atoms with Crippen molar-refractivity contribution in [2.75, 3.05) is 7.11 Å². The first-order valence-electron chi connectivity index (χ1n) is 6.41. The van der Waals surface area contributed by atoms with Crippen LogP contribution in [0.3, 0.4) is 0 Å². The van der Waals surface area contributed by atoms with E-state index in [2.05, 4.69) is 30.3 Å². The van der Waals surface area contributed by atoms with Crippen LogP contribution in [0.4, 0.5) is 0 Å². The number of ether oxygens (including phenoxy) is 1. The third-order valence-corrected chi connectivity index (χ3v) is 6.10. The van der Waals surface area contributed by atoms with E-state index < -0.39 is 0 Å². The number of fused-ring (bicyclic) bond motifs is 1. The van der Waals surface area contributed by atoms with E-state index >= 15 is 0 Å². The Kier molecular flexibility index (Phi) is 3.51. The number of hydrogen-bond acceptors (Lipinski definition) is 3. The number of methoxy groups -OCH3 is 1. The molecule has 3 nitrogen and oxygen atoms in total. The second-order valence-electron chi connectivity index (χ2n) is 4.75. The third kappa shape index (κ3) is 2.33. The molecular formula is C16H15NO2Se. The monoisotopic (exact) mass is 333 g/mol. The fraction of sp³-hybridized carbons (Fsp3) is 0.188. The van der Waals surface area contributed by atoms with Gasteiger partial charge < -0.3 is 0 Å². The van der Waals surface area contributed by atoms with Gasteiger partial charge in [-0.15, -0.1) is 0 Å². The first kappa shape index (κ1) is 13.2. The van der Waals surface area contributed by atoms with E-state index in [-0.39, 0.29) is 20.9 Å². The summed E-state index contributed by atoms with van der Waals surface area (Å²) in [5.41, 5.74) is 7.92. The number of esters is 1. The first-order chi connectivity index (χ1) is 9.69. The Morgan fingerprint density at radius 2 is 2.00 bits per heavy atom. The Morgan fingerprint density at radius 3 is 2.75 bits per heavy atom. The molecule has 2 aromatic rings. The van der Waals surface area contributed by atoms with Gasteiger partial charge in [0.05, 0.1) is 0 Å². The van der Waals surface area contributed by atoms with Crippen LogP contribution in [0.15, 0.2) is 52.6 Å². The number of carbonyl (C=O) groups is 1.